The third-order valence-electron chi connectivity index (χ3n) is 35.4. The molecule has 9 saturated carbocycles. The summed E-state index contributed by atoms with van der Waals surface area (Å²) in [5.41, 5.74) is 37.5. The van der Waals surface area contributed by atoms with E-state index in [2.05, 4.69) is 394 Å². The van der Waals surface area contributed by atoms with E-state index in [0.29, 0.717) is 0 Å². The number of benzene rings is 12. The quantitative estimate of drug-likeness (QED) is 0.0965. The molecule has 4 aromatic heterocycles. The van der Waals surface area contributed by atoms with Gasteiger partial charge in [-0.15, -0.1) is 0 Å². The van der Waals surface area contributed by atoms with Crippen molar-refractivity contribution in [3.63, 3.8) is 0 Å². The largest absolute Gasteiger partial charge is 0.213 e. The van der Waals surface area contributed by atoms with Crippen molar-refractivity contribution in [2.45, 2.75) is 240 Å². The normalized spacial score (nSPS) is 21.4. The Morgan fingerprint density at radius 3 is 0.766 bits per heavy atom. The summed E-state index contributed by atoms with van der Waals surface area (Å²) in [6, 6.07) is 101. The van der Waals surface area contributed by atoms with Crippen LogP contribution in [0.3, 0.4) is 0 Å². The van der Waals surface area contributed by atoms with Gasteiger partial charge in [0, 0.05) is 68.8 Å². The Kier molecular flexibility index (Phi) is 26.8. The van der Waals surface area contributed by atoms with Crippen LogP contribution in [0.15, 0.2) is 292 Å². The molecule has 0 saturated heterocycles. The average molecular weight is 1800 g/mol. The standard InChI is InChI=1S/C36H42N.C35H40N.2C31H32N/c1-25-9-7-8-12-34(25)36-23-35(26(2)24-37(36)3)33-20-19-31-21-30(17-18-32(31)22-33)29-15-13-28(14-16-29)27-10-5-4-6-11-27;1-24-8-4-7-11-33(24)35-22-34(25(2)23-36(35)3)32-19-18-30-20-29(16-17-31(30)21-32)28-14-12-27(13-15-28)26-9-5-6-10-26;1-20-6-4-5-7-28(20)31-18-29(21(2)19-32(31)3)26-12-10-24-17-27(13-11-23(24)16-26)30-15-22-8-9-25(30)14-22;1-20-6-4-5-7-29(20)31-18-30(21(2)19-32(31)3)27-11-10-24-16-26(9-8-25(24)17-27)28-14-22-12-23(13-22)15-28/h7-9,12,17-24,27-29H,4-6,10-11,13-16H2,1-3H3;4,7-8,11,16-23,26-28H,5-6,9-10,12-15H2,1-3H3;4-7,10-13,16-19,22,25,30H,8-9,14-15H2,1-3H3;4-11,16-19,22-23,28H,12-15H2,1-3H3/q4*+1. The summed E-state index contributed by atoms with van der Waals surface area (Å²) in [4.78, 5) is 0. The molecule has 9 aliphatic rings. The second-order valence-electron chi connectivity index (χ2n) is 44.3. The van der Waals surface area contributed by atoms with Crippen LogP contribution in [-0.4, -0.2) is 0 Å². The number of fused-ring (bicyclic) bond motifs is 8. The van der Waals surface area contributed by atoms with Crippen molar-refractivity contribution in [3.8, 4) is 89.5 Å². The van der Waals surface area contributed by atoms with Gasteiger partial charge in [-0.1, -0.05) is 258 Å². The summed E-state index contributed by atoms with van der Waals surface area (Å²) in [5, 5.41) is 10.9. The van der Waals surface area contributed by atoms with E-state index in [0.717, 1.165) is 71.0 Å². The number of aryl methyl sites for hydroxylation is 12. The van der Waals surface area contributed by atoms with Gasteiger partial charge in [-0.3, -0.25) is 0 Å². The molecule has 16 aromatic rings. The van der Waals surface area contributed by atoms with Crippen LogP contribution in [0.4, 0.5) is 0 Å². The smallest absolute Gasteiger partial charge is 0.201 e. The van der Waals surface area contributed by atoms with E-state index >= 15 is 0 Å². The third kappa shape index (κ3) is 19.6. The van der Waals surface area contributed by atoms with E-state index < -0.39 is 0 Å². The molecule has 9 aliphatic carbocycles. The maximum atomic E-state index is 2.49. The van der Waals surface area contributed by atoms with Crippen molar-refractivity contribution in [1.82, 2.24) is 0 Å². The third-order valence-corrected chi connectivity index (χ3v) is 35.4. The Morgan fingerprint density at radius 2 is 0.460 bits per heavy atom. The minimum Gasteiger partial charge on any atom is -0.201 e. The summed E-state index contributed by atoms with van der Waals surface area (Å²) in [7, 11) is 8.61. The monoisotopic (exact) mass is 1800 g/mol. The van der Waals surface area contributed by atoms with Crippen molar-refractivity contribution in [2.24, 2.45) is 75.5 Å². The van der Waals surface area contributed by atoms with E-state index in [9.17, 15) is 0 Å². The highest BCUT2D eigenvalue weighted by Gasteiger charge is 2.42. The Labute approximate surface area is 818 Å². The van der Waals surface area contributed by atoms with Crippen molar-refractivity contribution < 1.29 is 18.3 Å². The zero-order chi connectivity index (χ0) is 93.6. The van der Waals surface area contributed by atoms with Crippen LogP contribution >= 0.6 is 0 Å². The van der Waals surface area contributed by atoms with Crippen LogP contribution < -0.4 is 18.3 Å². The summed E-state index contributed by atoms with van der Waals surface area (Å²) in [5.74, 6) is 11.1. The number of hydrogen-bond acceptors (Lipinski definition) is 0. The molecule has 9 fully saturated rings. The van der Waals surface area contributed by atoms with Crippen LogP contribution in [0.5, 0.6) is 0 Å². The lowest BCUT2D eigenvalue weighted by Gasteiger charge is -2.45. The zero-order valence-corrected chi connectivity index (χ0v) is 84.1. The molecule has 0 radical (unpaired) electrons. The molecule has 25 rings (SSSR count). The van der Waals surface area contributed by atoms with Crippen molar-refractivity contribution in [3.05, 3.63) is 358 Å². The maximum absolute atomic E-state index is 2.49. The number of pyridine rings is 4. The van der Waals surface area contributed by atoms with Crippen LogP contribution in [0.2, 0.25) is 0 Å². The lowest BCUT2D eigenvalue weighted by atomic mass is 9.60. The van der Waals surface area contributed by atoms with Crippen LogP contribution in [0.25, 0.3) is 133 Å². The van der Waals surface area contributed by atoms with Crippen molar-refractivity contribution in [2.75, 3.05) is 0 Å². The molecule has 0 N–H and O–H groups in total. The lowest BCUT2D eigenvalue weighted by molar-refractivity contribution is -0.660. The van der Waals surface area contributed by atoms with Crippen LogP contribution in [0.1, 0.15) is 251 Å². The first-order valence-corrected chi connectivity index (χ1v) is 53.2. The Morgan fingerprint density at radius 1 is 0.190 bits per heavy atom. The topological polar surface area (TPSA) is 15.5 Å². The van der Waals surface area contributed by atoms with Gasteiger partial charge in [0.15, 0.2) is 24.8 Å². The second-order valence-corrected chi connectivity index (χ2v) is 44.3. The van der Waals surface area contributed by atoms with Gasteiger partial charge in [-0.2, -0.15) is 0 Å². The second kappa shape index (κ2) is 40.0. The molecule has 4 heterocycles. The van der Waals surface area contributed by atoms with Crippen molar-refractivity contribution in [1.29, 1.82) is 0 Å². The fraction of sp³-hybridized carbons (Fsp3) is 0.368. The summed E-state index contributed by atoms with van der Waals surface area (Å²) >= 11 is 0. The summed E-state index contributed by atoms with van der Waals surface area (Å²) in [6.07, 6.45) is 45.3. The van der Waals surface area contributed by atoms with Gasteiger partial charge in [0.1, 0.15) is 28.2 Å². The van der Waals surface area contributed by atoms with Crippen LogP contribution in [-0.2, 0) is 28.2 Å². The number of rotatable bonds is 14. The molecule has 3 atom stereocenters. The van der Waals surface area contributed by atoms with E-state index in [-0.39, 0.29) is 0 Å². The van der Waals surface area contributed by atoms with Crippen molar-refractivity contribution >= 4 is 43.1 Å². The number of aromatic nitrogens is 4. The highest BCUT2D eigenvalue weighted by molar-refractivity contribution is 5.93. The molecular formula is C133H146N4+4. The Balaban J connectivity index is 0.000000109. The van der Waals surface area contributed by atoms with Gasteiger partial charge in [0.05, 0.1) is 0 Å². The molecule has 12 aromatic carbocycles. The van der Waals surface area contributed by atoms with Gasteiger partial charge in [0.25, 0.3) is 0 Å². The maximum Gasteiger partial charge on any atom is 0.213 e. The lowest BCUT2D eigenvalue weighted by Crippen LogP contribution is -2.32. The van der Waals surface area contributed by atoms with E-state index in [1.165, 1.54) is 338 Å². The minimum atomic E-state index is 0.747. The highest BCUT2D eigenvalue weighted by Crippen LogP contribution is 2.55. The minimum absolute atomic E-state index is 0.747. The van der Waals surface area contributed by atoms with Gasteiger partial charge >= 0.3 is 0 Å². The van der Waals surface area contributed by atoms with Gasteiger partial charge in [-0.25, -0.2) is 18.3 Å². The first-order chi connectivity index (χ1) is 66.7. The number of nitrogens with zero attached hydrogens (tertiary/aromatic N) is 4. The molecule has 4 heteroatoms. The molecule has 0 spiro atoms. The van der Waals surface area contributed by atoms with E-state index in [1.807, 2.05) is 0 Å². The van der Waals surface area contributed by atoms with E-state index in [1.54, 1.807) is 22.3 Å². The molecule has 694 valence electrons. The molecule has 4 nitrogen and oxygen atoms in total. The summed E-state index contributed by atoms with van der Waals surface area (Å²) in [6.45, 7) is 17.7. The van der Waals surface area contributed by atoms with Gasteiger partial charge in [-0.05, 0) is 403 Å². The first kappa shape index (κ1) is 91.7. The number of hydrogen-bond donors (Lipinski definition) is 0. The first-order valence-electron chi connectivity index (χ1n) is 53.2. The summed E-state index contributed by atoms with van der Waals surface area (Å²) < 4.78 is 9.03. The Hall–Kier alpha value is -11.7. The predicted molar refractivity (Wildman–Crippen MR) is 576 cm³/mol. The molecule has 0 amide bonds. The molecule has 4 bridgehead atoms. The Bertz CT molecular complexity index is 7130. The molecular weight excluding hydrogens is 1650 g/mol. The van der Waals surface area contributed by atoms with E-state index in [4.69, 9.17) is 0 Å². The fourth-order valence-electron chi connectivity index (χ4n) is 27.6. The predicted octanol–water partition coefficient (Wildman–Crippen LogP) is 33.6. The van der Waals surface area contributed by atoms with Gasteiger partial charge in [0.2, 0.25) is 22.8 Å². The molecule has 0 aliphatic heterocycles. The molecule has 3 unspecified atom stereocenters. The fourth-order valence-corrected chi connectivity index (χ4v) is 27.6. The average Bonchev–Trinajstić information content (AvgIpc) is 1.69. The van der Waals surface area contributed by atoms with Gasteiger partial charge < -0.3 is 0 Å². The SMILES string of the molecule is Cc1c[n+](C)c(-c2ccccc2C)cc1-c1ccc2cc(C3CC4CC(C4)C3)ccc2c1.Cc1c[n+](C)c(-c2ccccc2C)cc1-c1ccc2cc(C3CC4CCC3C4)ccc2c1.Cc1c[n+](C)c(-c2ccccc2C)cc1-c1ccc2cc(C3CCC(C4CCCC4)CC3)ccc2c1.Cc1c[n+](C)c(-c2ccccc2C)cc1-c1ccc2cc(C3CCC(C4CCCCC4)CC3)ccc2c1. The zero-order valence-electron chi connectivity index (χ0n) is 84.1. The molecule has 137 heavy (non-hydrogen) atoms. The highest BCUT2D eigenvalue weighted by atomic mass is 14.9. The van der Waals surface area contributed by atoms with Crippen LogP contribution in [0, 0.1) is 103 Å².